The van der Waals surface area contributed by atoms with Gasteiger partial charge in [-0.3, -0.25) is 14.9 Å². The third-order valence-corrected chi connectivity index (χ3v) is 4.20. The minimum absolute atomic E-state index is 0.204. The molecule has 0 saturated carbocycles. The van der Waals surface area contributed by atoms with Crippen LogP contribution in [-0.2, 0) is 15.1 Å². The van der Waals surface area contributed by atoms with E-state index in [-0.39, 0.29) is 12.5 Å². The van der Waals surface area contributed by atoms with E-state index >= 15 is 0 Å². The van der Waals surface area contributed by atoms with Crippen molar-refractivity contribution in [2.45, 2.75) is 12.5 Å². The van der Waals surface area contributed by atoms with Crippen molar-refractivity contribution in [2.24, 2.45) is 0 Å². The van der Waals surface area contributed by atoms with Crippen LogP contribution in [0.2, 0.25) is 0 Å². The molecular formula is C19H19N3O5. The number of benzene rings is 2. The monoisotopic (exact) mass is 369 g/mol. The van der Waals surface area contributed by atoms with Crippen molar-refractivity contribution in [2.75, 3.05) is 19.0 Å². The predicted octanol–water partition coefficient (Wildman–Crippen LogP) is 1.77. The number of anilines is 1. The third-order valence-electron chi connectivity index (χ3n) is 4.20. The number of hydrogen-bond donors (Lipinski definition) is 3. The number of urea groups is 1. The van der Waals surface area contributed by atoms with Crippen LogP contribution in [0.3, 0.4) is 0 Å². The fourth-order valence-electron chi connectivity index (χ4n) is 2.66. The molecule has 27 heavy (non-hydrogen) atoms. The highest BCUT2D eigenvalue weighted by molar-refractivity contribution is 6.07. The molecule has 1 aliphatic rings. The Morgan fingerprint density at radius 1 is 1.11 bits per heavy atom. The first-order valence-electron chi connectivity index (χ1n) is 8.21. The summed E-state index contributed by atoms with van der Waals surface area (Å²) in [5, 5.41) is 7.51. The van der Waals surface area contributed by atoms with Crippen molar-refractivity contribution in [3.05, 3.63) is 54.1 Å². The van der Waals surface area contributed by atoms with Crippen LogP contribution in [0.25, 0.3) is 0 Å². The molecule has 1 saturated heterocycles. The number of nitrogens with one attached hydrogen (secondary N) is 3. The number of rotatable bonds is 6. The molecule has 1 heterocycles. The molecule has 3 N–H and O–H groups in total. The number of imide groups is 1. The van der Waals surface area contributed by atoms with Crippen LogP contribution in [0.1, 0.15) is 12.5 Å². The van der Waals surface area contributed by atoms with E-state index in [1.54, 1.807) is 62.6 Å². The molecule has 1 fully saturated rings. The molecule has 0 bridgehead atoms. The average Bonchev–Trinajstić information content (AvgIpc) is 2.94. The number of ether oxygens (including phenoxy) is 2. The lowest BCUT2D eigenvalue weighted by atomic mass is 9.92. The van der Waals surface area contributed by atoms with Crippen LogP contribution in [-0.4, -0.2) is 31.6 Å². The van der Waals surface area contributed by atoms with Gasteiger partial charge in [0.25, 0.3) is 11.8 Å². The molecule has 8 heteroatoms. The highest BCUT2D eigenvalue weighted by atomic mass is 16.5. The summed E-state index contributed by atoms with van der Waals surface area (Å²) in [6.45, 7) is 1.40. The summed E-state index contributed by atoms with van der Waals surface area (Å²) in [5.41, 5.74) is -0.00292. The molecule has 0 radical (unpaired) electrons. The lowest BCUT2D eigenvalue weighted by Crippen LogP contribution is -2.40. The lowest BCUT2D eigenvalue weighted by molar-refractivity contribution is -0.123. The number of carbonyl (C=O) groups is 3. The second-order valence-electron chi connectivity index (χ2n) is 6.13. The van der Waals surface area contributed by atoms with Gasteiger partial charge in [-0.15, -0.1) is 0 Å². The van der Waals surface area contributed by atoms with Crippen LogP contribution < -0.4 is 25.4 Å². The molecule has 0 spiro atoms. The van der Waals surface area contributed by atoms with Crippen molar-refractivity contribution in [1.82, 2.24) is 10.6 Å². The summed E-state index contributed by atoms with van der Waals surface area (Å²) in [4.78, 5) is 35.5. The molecule has 2 aromatic rings. The molecule has 0 aromatic heterocycles. The molecule has 4 amide bonds. The zero-order chi connectivity index (χ0) is 19.4. The molecule has 140 valence electrons. The Bertz CT molecular complexity index is 881. The Kier molecular flexibility index (Phi) is 4.98. The Morgan fingerprint density at radius 2 is 1.85 bits per heavy atom. The van der Waals surface area contributed by atoms with Gasteiger partial charge in [-0.1, -0.05) is 12.1 Å². The van der Waals surface area contributed by atoms with Gasteiger partial charge >= 0.3 is 6.03 Å². The average molecular weight is 369 g/mol. The second kappa shape index (κ2) is 7.36. The highest BCUT2D eigenvalue weighted by Crippen LogP contribution is 2.27. The smallest absolute Gasteiger partial charge is 0.322 e. The van der Waals surface area contributed by atoms with Crippen molar-refractivity contribution in [1.29, 1.82) is 0 Å². The van der Waals surface area contributed by atoms with Crippen LogP contribution in [0, 0.1) is 0 Å². The Morgan fingerprint density at radius 3 is 2.48 bits per heavy atom. The summed E-state index contributed by atoms with van der Waals surface area (Å²) < 4.78 is 10.6. The molecule has 1 atom stereocenters. The van der Waals surface area contributed by atoms with E-state index in [0.29, 0.717) is 22.7 Å². The van der Waals surface area contributed by atoms with Gasteiger partial charge in [-0.2, -0.15) is 0 Å². The molecule has 8 nitrogen and oxygen atoms in total. The highest BCUT2D eigenvalue weighted by Gasteiger charge is 2.43. The van der Waals surface area contributed by atoms with Crippen LogP contribution in [0.15, 0.2) is 48.5 Å². The Labute approximate surface area is 155 Å². The minimum atomic E-state index is -1.18. The first kappa shape index (κ1) is 18.2. The normalized spacial score (nSPS) is 18.4. The van der Waals surface area contributed by atoms with E-state index in [0.717, 1.165) is 0 Å². The summed E-state index contributed by atoms with van der Waals surface area (Å²) in [6, 6.07) is 13.0. The minimum Gasteiger partial charge on any atom is -0.497 e. The zero-order valence-corrected chi connectivity index (χ0v) is 14.9. The van der Waals surface area contributed by atoms with Gasteiger partial charge in [0.1, 0.15) is 17.0 Å². The van der Waals surface area contributed by atoms with Gasteiger partial charge in [-0.05, 0) is 48.9 Å². The maximum Gasteiger partial charge on any atom is 0.322 e. The second-order valence-corrected chi connectivity index (χ2v) is 6.13. The van der Waals surface area contributed by atoms with Crippen LogP contribution >= 0.6 is 0 Å². The van der Waals surface area contributed by atoms with Gasteiger partial charge in [0, 0.05) is 5.69 Å². The Balaban J connectivity index is 1.62. The molecule has 3 rings (SSSR count). The van der Waals surface area contributed by atoms with E-state index in [1.165, 1.54) is 0 Å². The predicted molar refractivity (Wildman–Crippen MR) is 97.6 cm³/mol. The first-order valence-corrected chi connectivity index (χ1v) is 8.21. The number of amides is 4. The fourth-order valence-corrected chi connectivity index (χ4v) is 2.66. The molecule has 0 aliphatic carbocycles. The summed E-state index contributed by atoms with van der Waals surface area (Å²) in [7, 11) is 1.57. The quantitative estimate of drug-likeness (QED) is 0.673. The topological polar surface area (TPSA) is 106 Å². The number of carbonyl (C=O) groups excluding carboxylic acids is 3. The maximum atomic E-state index is 12.1. The van der Waals surface area contributed by atoms with Crippen molar-refractivity contribution in [3.8, 4) is 11.5 Å². The van der Waals surface area contributed by atoms with Crippen molar-refractivity contribution in [3.63, 3.8) is 0 Å². The van der Waals surface area contributed by atoms with Gasteiger partial charge < -0.3 is 20.1 Å². The van der Waals surface area contributed by atoms with Crippen LogP contribution in [0.5, 0.6) is 11.5 Å². The fraction of sp³-hybridized carbons (Fsp3) is 0.211. The van der Waals surface area contributed by atoms with Gasteiger partial charge in [0.2, 0.25) is 0 Å². The SMILES string of the molecule is COc1ccc(NC(=O)COc2cccc([C@]3(C)NC(=O)NC3=O)c2)cc1. The van der Waals surface area contributed by atoms with Crippen molar-refractivity contribution >= 4 is 23.5 Å². The molecular weight excluding hydrogens is 350 g/mol. The summed E-state index contributed by atoms with van der Waals surface area (Å²) in [5.74, 6) is 0.329. The van der Waals surface area contributed by atoms with E-state index < -0.39 is 17.5 Å². The van der Waals surface area contributed by atoms with Gasteiger partial charge in [0.15, 0.2) is 6.61 Å². The molecule has 1 aliphatic heterocycles. The lowest BCUT2D eigenvalue weighted by Gasteiger charge is -2.21. The standard InChI is InChI=1S/C19H19N3O5/c1-19(17(24)21-18(25)22-19)12-4-3-5-15(10-12)27-11-16(23)20-13-6-8-14(26-2)9-7-13/h3-10H,11H2,1-2H3,(H,20,23)(H2,21,22,24,25)/t19-/m0/s1. The van der Waals surface area contributed by atoms with Crippen molar-refractivity contribution < 1.29 is 23.9 Å². The van der Waals surface area contributed by atoms with E-state index in [1.807, 2.05) is 0 Å². The van der Waals surface area contributed by atoms with E-state index in [2.05, 4.69) is 16.0 Å². The largest absolute Gasteiger partial charge is 0.497 e. The van der Waals surface area contributed by atoms with Gasteiger partial charge in [0.05, 0.1) is 7.11 Å². The molecule has 2 aromatic carbocycles. The maximum absolute atomic E-state index is 12.1. The van der Waals surface area contributed by atoms with Crippen LogP contribution in [0.4, 0.5) is 10.5 Å². The van der Waals surface area contributed by atoms with E-state index in [4.69, 9.17) is 9.47 Å². The number of methoxy groups -OCH3 is 1. The Hall–Kier alpha value is -3.55. The third kappa shape index (κ3) is 4.00. The zero-order valence-electron chi connectivity index (χ0n) is 14.9. The first-order chi connectivity index (χ1) is 12.9. The van der Waals surface area contributed by atoms with Gasteiger partial charge in [-0.25, -0.2) is 4.79 Å². The number of hydrogen-bond acceptors (Lipinski definition) is 5. The van der Waals surface area contributed by atoms with E-state index in [9.17, 15) is 14.4 Å². The summed E-state index contributed by atoms with van der Waals surface area (Å²) >= 11 is 0. The molecule has 0 unspecified atom stereocenters. The summed E-state index contributed by atoms with van der Waals surface area (Å²) in [6.07, 6.45) is 0.